The third kappa shape index (κ3) is 3.48. The second-order valence-electron chi connectivity index (χ2n) is 5.09. The van der Waals surface area contributed by atoms with E-state index in [9.17, 15) is 14.9 Å². The van der Waals surface area contributed by atoms with E-state index in [1.165, 1.54) is 6.07 Å². The average Bonchev–Trinajstić information content (AvgIpc) is 2.47. The first-order valence-corrected chi connectivity index (χ1v) is 7.06. The molecule has 1 aromatic heterocycles. The Balaban J connectivity index is 2.23. The highest BCUT2D eigenvalue weighted by Crippen LogP contribution is 2.30. The second-order valence-corrected chi connectivity index (χ2v) is 5.09. The standard InChI is InChI=1S/C14H19N3O4/c1-3-21-14(18)11-5-4-8-16(9-11)13-12(17(19)20)7-6-10(2)15-13/h6-7,11H,3-5,8-9H2,1-2H3. The van der Waals surface area contributed by atoms with Gasteiger partial charge in [-0.05, 0) is 32.8 Å². The molecule has 114 valence electrons. The average molecular weight is 293 g/mol. The van der Waals surface area contributed by atoms with Gasteiger partial charge in [-0.3, -0.25) is 14.9 Å². The summed E-state index contributed by atoms with van der Waals surface area (Å²) in [6.07, 6.45) is 1.53. The third-order valence-corrected chi connectivity index (χ3v) is 3.53. The SMILES string of the molecule is CCOC(=O)C1CCCN(c2nc(C)ccc2[N+](=O)[O-])C1. The van der Waals surface area contributed by atoms with Gasteiger partial charge in [0.25, 0.3) is 0 Å². The number of carbonyl (C=O) groups excluding carboxylic acids is 1. The number of nitrogens with zero attached hydrogens (tertiary/aromatic N) is 3. The zero-order valence-electron chi connectivity index (χ0n) is 12.2. The minimum atomic E-state index is -0.435. The van der Waals surface area contributed by atoms with Crippen molar-refractivity contribution in [2.24, 2.45) is 5.92 Å². The van der Waals surface area contributed by atoms with E-state index in [4.69, 9.17) is 4.74 Å². The number of pyridine rings is 1. The summed E-state index contributed by atoms with van der Waals surface area (Å²) < 4.78 is 5.05. The maximum Gasteiger partial charge on any atom is 0.311 e. The highest BCUT2D eigenvalue weighted by molar-refractivity contribution is 5.74. The molecule has 0 spiro atoms. The number of ether oxygens (including phenoxy) is 1. The van der Waals surface area contributed by atoms with Crippen molar-refractivity contribution in [3.05, 3.63) is 27.9 Å². The van der Waals surface area contributed by atoms with Crippen molar-refractivity contribution < 1.29 is 14.5 Å². The zero-order chi connectivity index (χ0) is 15.4. The lowest BCUT2D eigenvalue weighted by molar-refractivity contribution is -0.384. The van der Waals surface area contributed by atoms with Crippen molar-refractivity contribution in [1.82, 2.24) is 4.98 Å². The Morgan fingerprint density at radius 3 is 3.00 bits per heavy atom. The van der Waals surface area contributed by atoms with Crippen LogP contribution in [0.5, 0.6) is 0 Å². The molecule has 0 radical (unpaired) electrons. The molecule has 1 saturated heterocycles. The molecule has 1 aliphatic rings. The van der Waals surface area contributed by atoms with Gasteiger partial charge in [0, 0.05) is 24.8 Å². The van der Waals surface area contributed by atoms with Gasteiger partial charge in [-0.2, -0.15) is 0 Å². The molecule has 0 aliphatic carbocycles. The Kier molecular flexibility index (Phi) is 4.72. The number of anilines is 1. The molecule has 0 saturated carbocycles. The van der Waals surface area contributed by atoms with E-state index in [1.54, 1.807) is 19.9 Å². The molecule has 1 aliphatic heterocycles. The van der Waals surface area contributed by atoms with Crippen LogP contribution in [-0.2, 0) is 9.53 Å². The normalized spacial score (nSPS) is 18.4. The van der Waals surface area contributed by atoms with Crippen molar-refractivity contribution in [2.75, 3.05) is 24.6 Å². The van der Waals surface area contributed by atoms with Crippen LogP contribution in [0, 0.1) is 23.0 Å². The first kappa shape index (κ1) is 15.2. The van der Waals surface area contributed by atoms with E-state index in [-0.39, 0.29) is 17.6 Å². The van der Waals surface area contributed by atoms with Gasteiger partial charge in [0.15, 0.2) is 0 Å². The largest absolute Gasteiger partial charge is 0.466 e. The summed E-state index contributed by atoms with van der Waals surface area (Å²) in [5.74, 6) is -0.146. The Morgan fingerprint density at radius 2 is 2.33 bits per heavy atom. The fraction of sp³-hybridized carbons (Fsp3) is 0.571. The van der Waals surface area contributed by atoms with E-state index in [0.29, 0.717) is 31.2 Å². The highest BCUT2D eigenvalue weighted by Gasteiger charge is 2.30. The maximum atomic E-state index is 11.9. The van der Waals surface area contributed by atoms with Crippen molar-refractivity contribution >= 4 is 17.5 Å². The lowest BCUT2D eigenvalue weighted by atomic mass is 9.98. The molecule has 7 nitrogen and oxygen atoms in total. The van der Waals surface area contributed by atoms with E-state index in [2.05, 4.69) is 4.98 Å². The fourth-order valence-corrected chi connectivity index (χ4v) is 2.53. The van der Waals surface area contributed by atoms with Crippen LogP contribution in [0.15, 0.2) is 12.1 Å². The molecule has 0 bridgehead atoms. The number of carbonyl (C=O) groups is 1. The van der Waals surface area contributed by atoms with Gasteiger partial charge in [0.05, 0.1) is 17.4 Å². The maximum absolute atomic E-state index is 11.9. The number of rotatable bonds is 4. The molecule has 1 unspecified atom stereocenters. The molecular weight excluding hydrogens is 274 g/mol. The third-order valence-electron chi connectivity index (χ3n) is 3.53. The van der Waals surface area contributed by atoms with Gasteiger partial charge in [-0.25, -0.2) is 4.98 Å². The first-order chi connectivity index (χ1) is 10.0. The summed E-state index contributed by atoms with van der Waals surface area (Å²) in [6.45, 7) is 4.98. The van der Waals surface area contributed by atoms with E-state index in [0.717, 1.165) is 12.8 Å². The molecule has 2 rings (SSSR count). The van der Waals surface area contributed by atoms with Crippen LogP contribution in [0.25, 0.3) is 0 Å². The lowest BCUT2D eigenvalue weighted by Crippen LogP contribution is -2.40. The van der Waals surface area contributed by atoms with Crippen LogP contribution in [0.3, 0.4) is 0 Å². The van der Waals surface area contributed by atoms with Crippen molar-refractivity contribution in [1.29, 1.82) is 0 Å². The van der Waals surface area contributed by atoms with Gasteiger partial charge in [0.1, 0.15) is 0 Å². The molecule has 2 heterocycles. The Bertz CT molecular complexity index is 547. The molecule has 1 aromatic rings. The van der Waals surface area contributed by atoms with Crippen molar-refractivity contribution in [3.63, 3.8) is 0 Å². The second kappa shape index (κ2) is 6.51. The highest BCUT2D eigenvalue weighted by atomic mass is 16.6. The van der Waals surface area contributed by atoms with Gasteiger partial charge >= 0.3 is 11.7 Å². The zero-order valence-corrected chi connectivity index (χ0v) is 12.2. The topological polar surface area (TPSA) is 85.6 Å². The fourth-order valence-electron chi connectivity index (χ4n) is 2.53. The van der Waals surface area contributed by atoms with E-state index >= 15 is 0 Å². The van der Waals surface area contributed by atoms with Crippen LogP contribution in [0.4, 0.5) is 11.5 Å². The number of nitro groups is 1. The molecule has 7 heteroatoms. The number of hydrogen-bond acceptors (Lipinski definition) is 6. The lowest BCUT2D eigenvalue weighted by Gasteiger charge is -2.32. The van der Waals surface area contributed by atoms with Gasteiger partial charge in [-0.1, -0.05) is 0 Å². The smallest absolute Gasteiger partial charge is 0.311 e. The predicted octanol–water partition coefficient (Wildman–Crippen LogP) is 2.08. The Hall–Kier alpha value is -2.18. The monoisotopic (exact) mass is 293 g/mol. The summed E-state index contributed by atoms with van der Waals surface area (Å²) in [4.78, 5) is 28.7. The van der Waals surface area contributed by atoms with Crippen LogP contribution in [-0.4, -0.2) is 35.6 Å². The van der Waals surface area contributed by atoms with Crippen LogP contribution < -0.4 is 4.90 Å². The molecule has 1 fully saturated rings. The molecule has 0 aromatic carbocycles. The van der Waals surface area contributed by atoms with Crippen LogP contribution in [0.1, 0.15) is 25.5 Å². The summed E-state index contributed by atoms with van der Waals surface area (Å²) >= 11 is 0. The van der Waals surface area contributed by atoms with E-state index in [1.807, 2.05) is 4.90 Å². The van der Waals surface area contributed by atoms with E-state index < -0.39 is 4.92 Å². The summed E-state index contributed by atoms with van der Waals surface area (Å²) in [5.41, 5.74) is 0.693. The predicted molar refractivity (Wildman–Crippen MR) is 77.2 cm³/mol. The number of aryl methyl sites for hydroxylation is 1. The number of aromatic nitrogens is 1. The molecule has 1 atom stereocenters. The Morgan fingerprint density at radius 1 is 1.57 bits per heavy atom. The van der Waals surface area contributed by atoms with Gasteiger partial charge < -0.3 is 9.64 Å². The first-order valence-electron chi connectivity index (χ1n) is 7.06. The molecule has 21 heavy (non-hydrogen) atoms. The van der Waals surface area contributed by atoms with Gasteiger partial charge in [-0.15, -0.1) is 0 Å². The van der Waals surface area contributed by atoms with Crippen LogP contribution >= 0.6 is 0 Å². The summed E-state index contributed by atoms with van der Waals surface area (Å²) in [6, 6.07) is 3.08. The molecule has 0 amide bonds. The Labute approximate surface area is 123 Å². The summed E-state index contributed by atoms with van der Waals surface area (Å²) in [5, 5.41) is 11.1. The van der Waals surface area contributed by atoms with Gasteiger partial charge in [0.2, 0.25) is 5.82 Å². The van der Waals surface area contributed by atoms with Crippen molar-refractivity contribution in [3.8, 4) is 0 Å². The molecular formula is C14H19N3O4. The summed E-state index contributed by atoms with van der Waals surface area (Å²) in [7, 11) is 0. The number of hydrogen-bond donors (Lipinski definition) is 0. The number of esters is 1. The quantitative estimate of drug-likeness (QED) is 0.480. The minimum absolute atomic E-state index is 0.0230. The number of piperidine rings is 1. The minimum Gasteiger partial charge on any atom is -0.466 e. The van der Waals surface area contributed by atoms with Crippen LogP contribution in [0.2, 0.25) is 0 Å². The van der Waals surface area contributed by atoms with Crippen molar-refractivity contribution in [2.45, 2.75) is 26.7 Å². The molecule has 0 N–H and O–H groups in total.